The Morgan fingerprint density at radius 2 is 1.83 bits per heavy atom. The van der Waals surface area contributed by atoms with Crippen molar-refractivity contribution < 1.29 is 14.3 Å². The van der Waals surface area contributed by atoms with Crippen LogP contribution in [0, 0.1) is 0 Å². The minimum Gasteiger partial charge on any atom is -0.484 e. The monoisotopic (exact) mass is 336 g/mol. The van der Waals surface area contributed by atoms with Gasteiger partial charge in [-0.3, -0.25) is 4.79 Å². The maximum atomic E-state index is 11.7. The van der Waals surface area contributed by atoms with E-state index in [0.717, 1.165) is 26.1 Å². The Bertz CT molecular complexity index is 478. The van der Waals surface area contributed by atoms with E-state index in [1.165, 1.54) is 5.56 Å². The molecule has 0 bridgehead atoms. The summed E-state index contributed by atoms with van der Waals surface area (Å²) >= 11 is 0. The summed E-state index contributed by atoms with van der Waals surface area (Å²) in [4.78, 5) is 11.7. The van der Waals surface area contributed by atoms with Crippen LogP contribution in [0.15, 0.2) is 24.3 Å². The SMILES string of the molecule is CC(C)OCCCNCc1ccc(OCC(=O)NC(C)(C)C)cc1. The standard InChI is InChI=1S/C19H32N2O3/c1-15(2)23-12-6-11-20-13-16-7-9-17(10-8-16)24-14-18(22)21-19(3,4)5/h7-10,15,20H,6,11-14H2,1-5H3,(H,21,22). The van der Waals surface area contributed by atoms with Crippen LogP contribution in [0.1, 0.15) is 46.6 Å². The van der Waals surface area contributed by atoms with Gasteiger partial charge in [-0.2, -0.15) is 0 Å². The highest BCUT2D eigenvalue weighted by molar-refractivity contribution is 5.78. The van der Waals surface area contributed by atoms with Gasteiger partial charge in [0, 0.05) is 18.7 Å². The summed E-state index contributed by atoms with van der Waals surface area (Å²) in [6.07, 6.45) is 1.30. The molecule has 5 heteroatoms. The van der Waals surface area contributed by atoms with Crippen molar-refractivity contribution in [1.82, 2.24) is 10.6 Å². The summed E-state index contributed by atoms with van der Waals surface area (Å²) in [6, 6.07) is 7.80. The molecule has 0 saturated heterocycles. The van der Waals surface area contributed by atoms with E-state index >= 15 is 0 Å². The summed E-state index contributed by atoms with van der Waals surface area (Å²) in [5.74, 6) is 0.588. The lowest BCUT2D eigenvalue weighted by Crippen LogP contribution is -2.43. The third-order valence-corrected chi connectivity index (χ3v) is 3.09. The van der Waals surface area contributed by atoms with Crippen molar-refractivity contribution in [3.8, 4) is 5.75 Å². The largest absolute Gasteiger partial charge is 0.484 e. The van der Waals surface area contributed by atoms with Crippen LogP contribution in [-0.2, 0) is 16.1 Å². The second-order valence-electron chi connectivity index (χ2n) is 7.18. The van der Waals surface area contributed by atoms with Gasteiger partial charge >= 0.3 is 0 Å². The molecule has 0 radical (unpaired) electrons. The third-order valence-electron chi connectivity index (χ3n) is 3.09. The van der Waals surface area contributed by atoms with Gasteiger partial charge in [-0.15, -0.1) is 0 Å². The average molecular weight is 336 g/mol. The zero-order valence-electron chi connectivity index (χ0n) is 15.6. The van der Waals surface area contributed by atoms with Crippen LogP contribution < -0.4 is 15.4 Å². The molecule has 0 aliphatic rings. The molecule has 0 heterocycles. The maximum Gasteiger partial charge on any atom is 0.258 e. The molecule has 5 nitrogen and oxygen atoms in total. The molecule has 0 spiro atoms. The number of ether oxygens (including phenoxy) is 2. The van der Waals surface area contributed by atoms with Gasteiger partial charge in [-0.1, -0.05) is 12.1 Å². The fourth-order valence-corrected chi connectivity index (χ4v) is 2.06. The Labute approximate surface area is 146 Å². The van der Waals surface area contributed by atoms with E-state index in [4.69, 9.17) is 9.47 Å². The molecular weight excluding hydrogens is 304 g/mol. The Morgan fingerprint density at radius 3 is 2.42 bits per heavy atom. The normalized spacial score (nSPS) is 11.6. The number of hydrogen-bond donors (Lipinski definition) is 2. The van der Waals surface area contributed by atoms with Crippen molar-refractivity contribution in [3.63, 3.8) is 0 Å². The number of amides is 1. The molecule has 1 aromatic carbocycles. The molecule has 0 aliphatic heterocycles. The van der Waals surface area contributed by atoms with Crippen LogP contribution in [0.2, 0.25) is 0 Å². The first-order chi connectivity index (χ1) is 11.3. The molecule has 24 heavy (non-hydrogen) atoms. The molecule has 0 unspecified atom stereocenters. The first-order valence-corrected chi connectivity index (χ1v) is 8.61. The van der Waals surface area contributed by atoms with Crippen molar-refractivity contribution in [2.24, 2.45) is 0 Å². The number of benzene rings is 1. The number of hydrogen-bond acceptors (Lipinski definition) is 4. The van der Waals surface area contributed by atoms with Crippen molar-refractivity contribution in [2.75, 3.05) is 19.8 Å². The highest BCUT2D eigenvalue weighted by atomic mass is 16.5. The van der Waals surface area contributed by atoms with E-state index in [2.05, 4.69) is 10.6 Å². The second-order valence-corrected chi connectivity index (χ2v) is 7.18. The molecule has 0 fully saturated rings. The van der Waals surface area contributed by atoms with Gasteiger partial charge in [0.1, 0.15) is 5.75 Å². The minimum atomic E-state index is -0.240. The fourth-order valence-electron chi connectivity index (χ4n) is 2.06. The van der Waals surface area contributed by atoms with Gasteiger partial charge in [0.2, 0.25) is 0 Å². The van der Waals surface area contributed by atoms with E-state index in [9.17, 15) is 4.79 Å². The van der Waals surface area contributed by atoms with Crippen molar-refractivity contribution >= 4 is 5.91 Å². The van der Waals surface area contributed by atoms with Gasteiger partial charge in [-0.05, 0) is 65.3 Å². The number of nitrogens with one attached hydrogen (secondary N) is 2. The molecule has 136 valence electrons. The molecule has 2 N–H and O–H groups in total. The van der Waals surface area contributed by atoms with Gasteiger partial charge in [0.05, 0.1) is 6.10 Å². The number of carbonyl (C=O) groups excluding carboxylic acids is 1. The maximum absolute atomic E-state index is 11.7. The lowest BCUT2D eigenvalue weighted by molar-refractivity contribution is -0.124. The predicted molar refractivity (Wildman–Crippen MR) is 97.2 cm³/mol. The zero-order valence-corrected chi connectivity index (χ0v) is 15.6. The van der Waals surface area contributed by atoms with E-state index in [1.807, 2.05) is 58.9 Å². The zero-order chi connectivity index (χ0) is 18.0. The molecule has 0 atom stereocenters. The first-order valence-electron chi connectivity index (χ1n) is 8.61. The Kier molecular flexibility index (Phi) is 8.79. The van der Waals surface area contributed by atoms with Crippen LogP contribution >= 0.6 is 0 Å². The van der Waals surface area contributed by atoms with Crippen LogP contribution in [0.3, 0.4) is 0 Å². The number of carbonyl (C=O) groups is 1. The van der Waals surface area contributed by atoms with Crippen LogP contribution in [0.4, 0.5) is 0 Å². The van der Waals surface area contributed by atoms with Crippen molar-refractivity contribution in [2.45, 2.75) is 59.2 Å². The number of rotatable bonds is 10. The van der Waals surface area contributed by atoms with Crippen LogP contribution in [0.25, 0.3) is 0 Å². The summed E-state index contributed by atoms with van der Waals surface area (Å²) < 4.78 is 11.0. The van der Waals surface area contributed by atoms with Gasteiger partial charge in [0.25, 0.3) is 5.91 Å². The van der Waals surface area contributed by atoms with Crippen molar-refractivity contribution in [1.29, 1.82) is 0 Å². The van der Waals surface area contributed by atoms with Gasteiger partial charge < -0.3 is 20.1 Å². The molecule has 0 saturated carbocycles. The lowest BCUT2D eigenvalue weighted by Gasteiger charge is -2.20. The van der Waals surface area contributed by atoms with E-state index in [-0.39, 0.29) is 18.1 Å². The molecule has 1 rings (SSSR count). The van der Waals surface area contributed by atoms with Gasteiger partial charge in [0.15, 0.2) is 6.61 Å². The molecule has 0 aromatic heterocycles. The quantitative estimate of drug-likeness (QED) is 0.645. The average Bonchev–Trinajstić information content (AvgIpc) is 2.48. The smallest absolute Gasteiger partial charge is 0.258 e. The topological polar surface area (TPSA) is 59.6 Å². The summed E-state index contributed by atoms with van der Waals surface area (Å²) in [5, 5.41) is 6.25. The summed E-state index contributed by atoms with van der Waals surface area (Å²) in [7, 11) is 0. The Balaban J connectivity index is 2.22. The van der Waals surface area contributed by atoms with Crippen LogP contribution in [0.5, 0.6) is 5.75 Å². The molecular formula is C19H32N2O3. The fraction of sp³-hybridized carbons (Fsp3) is 0.632. The molecule has 0 aliphatic carbocycles. The minimum absolute atomic E-state index is 0.0325. The van der Waals surface area contributed by atoms with E-state index in [0.29, 0.717) is 11.9 Å². The summed E-state index contributed by atoms with van der Waals surface area (Å²) in [6.45, 7) is 12.5. The molecule has 1 amide bonds. The summed E-state index contributed by atoms with van der Waals surface area (Å²) in [5.41, 5.74) is 0.946. The van der Waals surface area contributed by atoms with Crippen molar-refractivity contribution in [3.05, 3.63) is 29.8 Å². The predicted octanol–water partition coefficient (Wildman–Crippen LogP) is 2.88. The highest BCUT2D eigenvalue weighted by Gasteiger charge is 2.13. The molecule has 1 aromatic rings. The van der Waals surface area contributed by atoms with E-state index in [1.54, 1.807) is 0 Å². The van der Waals surface area contributed by atoms with Gasteiger partial charge in [-0.25, -0.2) is 0 Å². The third kappa shape index (κ3) is 10.2. The second kappa shape index (κ2) is 10.3. The van der Waals surface area contributed by atoms with Crippen LogP contribution in [-0.4, -0.2) is 37.3 Å². The lowest BCUT2D eigenvalue weighted by atomic mass is 10.1. The Morgan fingerprint density at radius 1 is 1.17 bits per heavy atom. The highest BCUT2D eigenvalue weighted by Crippen LogP contribution is 2.12. The first kappa shape index (κ1) is 20.5. The van der Waals surface area contributed by atoms with E-state index < -0.39 is 0 Å². The Hall–Kier alpha value is -1.59.